The van der Waals surface area contributed by atoms with E-state index in [4.69, 9.17) is 18.6 Å². The van der Waals surface area contributed by atoms with Gasteiger partial charge in [0.15, 0.2) is 11.5 Å². The van der Waals surface area contributed by atoms with Crippen LogP contribution < -0.4 is 14.2 Å². The highest BCUT2D eigenvalue weighted by Crippen LogP contribution is 2.33. The predicted octanol–water partition coefficient (Wildman–Crippen LogP) is 4.36. The largest absolute Gasteiger partial charge is 0.497 e. The van der Waals surface area contributed by atoms with Crippen LogP contribution in [0.5, 0.6) is 17.2 Å². The summed E-state index contributed by atoms with van der Waals surface area (Å²) in [6.45, 7) is 2.04. The number of aromatic nitrogens is 2. The Balaban J connectivity index is 1.72. The van der Waals surface area contributed by atoms with Crippen LogP contribution in [0.25, 0.3) is 11.5 Å². The van der Waals surface area contributed by atoms with Crippen LogP contribution in [0.3, 0.4) is 0 Å². The molecule has 0 fully saturated rings. The molecule has 0 saturated carbocycles. The summed E-state index contributed by atoms with van der Waals surface area (Å²) in [5, 5.41) is 8.75. The first kappa shape index (κ1) is 18.1. The van der Waals surface area contributed by atoms with Crippen molar-refractivity contribution >= 4 is 11.8 Å². The Bertz CT molecular complexity index is 878. The van der Waals surface area contributed by atoms with Gasteiger partial charge in [0.1, 0.15) is 5.75 Å². The fraction of sp³-hybridized carbons (Fsp3) is 0.263. The molecule has 2 aromatic carbocycles. The van der Waals surface area contributed by atoms with Crippen molar-refractivity contribution in [3.63, 3.8) is 0 Å². The monoisotopic (exact) mass is 372 g/mol. The van der Waals surface area contributed by atoms with E-state index < -0.39 is 0 Å². The van der Waals surface area contributed by atoms with Gasteiger partial charge in [0.05, 0.1) is 21.3 Å². The zero-order valence-electron chi connectivity index (χ0n) is 15.1. The first-order chi connectivity index (χ1) is 12.6. The smallest absolute Gasteiger partial charge is 0.277 e. The topological polar surface area (TPSA) is 66.6 Å². The Morgan fingerprint density at radius 2 is 1.62 bits per heavy atom. The summed E-state index contributed by atoms with van der Waals surface area (Å²) in [5.74, 6) is 3.39. The minimum absolute atomic E-state index is 0.485. The minimum atomic E-state index is 0.485. The van der Waals surface area contributed by atoms with Crippen LogP contribution in [-0.4, -0.2) is 31.5 Å². The average molecular weight is 372 g/mol. The van der Waals surface area contributed by atoms with Crippen LogP contribution >= 0.6 is 11.8 Å². The van der Waals surface area contributed by atoms with E-state index in [9.17, 15) is 0 Å². The van der Waals surface area contributed by atoms with Crippen molar-refractivity contribution in [2.75, 3.05) is 21.3 Å². The van der Waals surface area contributed by atoms with Crippen molar-refractivity contribution in [2.45, 2.75) is 17.9 Å². The molecule has 3 rings (SSSR count). The maximum Gasteiger partial charge on any atom is 0.277 e. The maximum absolute atomic E-state index is 5.75. The molecule has 7 heteroatoms. The van der Waals surface area contributed by atoms with Crippen molar-refractivity contribution in [3.05, 3.63) is 47.5 Å². The summed E-state index contributed by atoms with van der Waals surface area (Å²) in [5.41, 5.74) is 3.09. The SMILES string of the molecule is COc1ccc(-c2nnc(SCc3cc(OC)c(OC)cc3C)o2)cc1. The fourth-order valence-electron chi connectivity index (χ4n) is 2.44. The zero-order valence-corrected chi connectivity index (χ0v) is 15.9. The Kier molecular flexibility index (Phi) is 5.68. The number of methoxy groups -OCH3 is 3. The van der Waals surface area contributed by atoms with Gasteiger partial charge in [0.25, 0.3) is 5.22 Å². The third-order valence-electron chi connectivity index (χ3n) is 3.94. The summed E-state index contributed by atoms with van der Waals surface area (Å²) in [4.78, 5) is 0. The van der Waals surface area contributed by atoms with Gasteiger partial charge >= 0.3 is 0 Å². The molecule has 0 aliphatic carbocycles. The number of ether oxygens (including phenoxy) is 3. The normalized spacial score (nSPS) is 10.6. The standard InChI is InChI=1S/C19H20N2O4S/c1-12-9-16(23-3)17(24-4)10-14(12)11-26-19-21-20-18(25-19)13-5-7-15(22-2)8-6-13/h5-10H,11H2,1-4H3. The molecule has 3 aromatic rings. The summed E-state index contributed by atoms with van der Waals surface area (Å²) in [7, 11) is 4.89. The van der Waals surface area contributed by atoms with Crippen LogP contribution in [0.15, 0.2) is 46.0 Å². The van der Waals surface area contributed by atoms with Gasteiger partial charge in [0, 0.05) is 11.3 Å². The second kappa shape index (κ2) is 8.14. The van der Waals surface area contributed by atoms with Gasteiger partial charge in [-0.1, -0.05) is 11.8 Å². The number of hydrogen-bond donors (Lipinski definition) is 0. The first-order valence-corrected chi connectivity index (χ1v) is 8.95. The Morgan fingerprint density at radius 1 is 0.923 bits per heavy atom. The quantitative estimate of drug-likeness (QED) is 0.571. The lowest BCUT2D eigenvalue weighted by molar-refractivity contribution is 0.354. The lowest BCUT2D eigenvalue weighted by Gasteiger charge is -2.11. The van der Waals surface area contributed by atoms with Crippen molar-refractivity contribution in [1.82, 2.24) is 10.2 Å². The number of aryl methyl sites for hydroxylation is 1. The molecule has 0 bridgehead atoms. The number of nitrogens with zero attached hydrogens (tertiary/aromatic N) is 2. The maximum atomic E-state index is 5.75. The third kappa shape index (κ3) is 3.94. The molecule has 0 aliphatic rings. The van der Waals surface area contributed by atoms with E-state index in [-0.39, 0.29) is 0 Å². The van der Waals surface area contributed by atoms with Crippen LogP contribution in [0.2, 0.25) is 0 Å². The Hall–Kier alpha value is -2.67. The highest BCUT2D eigenvalue weighted by molar-refractivity contribution is 7.98. The molecule has 136 valence electrons. The molecule has 1 aromatic heterocycles. The summed E-state index contributed by atoms with van der Waals surface area (Å²) >= 11 is 1.48. The van der Waals surface area contributed by atoms with E-state index in [0.29, 0.717) is 22.6 Å². The molecule has 0 amide bonds. The highest BCUT2D eigenvalue weighted by Gasteiger charge is 2.12. The number of rotatable bonds is 7. The van der Waals surface area contributed by atoms with Gasteiger partial charge in [-0.15, -0.1) is 10.2 Å². The van der Waals surface area contributed by atoms with Gasteiger partial charge < -0.3 is 18.6 Å². The Morgan fingerprint density at radius 3 is 2.27 bits per heavy atom. The molecular weight excluding hydrogens is 352 g/mol. The molecule has 0 atom stereocenters. The number of hydrogen-bond acceptors (Lipinski definition) is 7. The van der Waals surface area contributed by atoms with Crippen LogP contribution in [-0.2, 0) is 5.75 Å². The molecule has 0 saturated heterocycles. The van der Waals surface area contributed by atoms with E-state index in [1.807, 2.05) is 43.3 Å². The first-order valence-electron chi connectivity index (χ1n) is 7.96. The summed E-state index contributed by atoms with van der Waals surface area (Å²) in [6, 6.07) is 11.4. The molecule has 0 spiro atoms. The third-order valence-corrected chi connectivity index (χ3v) is 4.80. The van der Waals surface area contributed by atoms with E-state index in [1.165, 1.54) is 11.8 Å². The van der Waals surface area contributed by atoms with Gasteiger partial charge in [0.2, 0.25) is 5.89 Å². The predicted molar refractivity (Wildman–Crippen MR) is 100 cm³/mol. The minimum Gasteiger partial charge on any atom is -0.497 e. The molecule has 0 radical (unpaired) electrons. The van der Waals surface area contributed by atoms with Gasteiger partial charge in [-0.05, 0) is 54.4 Å². The van der Waals surface area contributed by atoms with Gasteiger partial charge in [-0.25, -0.2) is 0 Å². The van der Waals surface area contributed by atoms with Crippen molar-refractivity contribution < 1.29 is 18.6 Å². The molecule has 26 heavy (non-hydrogen) atoms. The van der Waals surface area contributed by atoms with Gasteiger partial charge in [-0.3, -0.25) is 0 Å². The molecule has 0 N–H and O–H groups in total. The summed E-state index contributed by atoms with van der Waals surface area (Å²) < 4.78 is 21.6. The zero-order chi connectivity index (χ0) is 18.5. The fourth-order valence-corrected chi connectivity index (χ4v) is 3.26. The van der Waals surface area contributed by atoms with Crippen LogP contribution in [0, 0.1) is 6.92 Å². The lowest BCUT2D eigenvalue weighted by Crippen LogP contribution is -1.95. The molecular formula is C19H20N2O4S. The second-order valence-corrected chi connectivity index (χ2v) is 6.45. The average Bonchev–Trinajstić information content (AvgIpc) is 3.15. The van der Waals surface area contributed by atoms with Crippen LogP contribution in [0.1, 0.15) is 11.1 Å². The summed E-state index contributed by atoms with van der Waals surface area (Å²) in [6.07, 6.45) is 0. The molecule has 0 aliphatic heterocycles. The van der Waals surface area contributed by atoms with Crippen molar-refractivity contribution in [2.24, 2.45) is 0 Å². The van der Waals surface area contributed by atoms with E-state index in [1.54, 1.807) is 21.3 Å². The van der Waals surface area contributed by atoms with Crippen molar-refractivity contribution in [1.29, 1.82) is 0 Å². The number of benzene rings is 2. The molecule has 6 nitrogen and oxygen atoms in total. The lowest BCUT2D eigenvalue weighted by atomic mass is 10.1. The molecule has 1 heterocycles. The second-order valence-electron chi connectivity index (χ2n) is 5.52. The van der Waals surface area contributed by atoms with Crippen LogP contribution in [0.4, 0.5) is 0 Å². The Labute approximate surface area is 156 Å². The molecule has 0 unspecified atom stereocenters. The highest BCUT2D eigenvalue weighted by atomic mass is 32.2. The van der Waals surface area contributed by atoms with E-state index in [2.05, 4.69) is 10.2 Å². The van der Waals surface area contributed by atoms with E-state index >= 15 is 0 Å². The van der Waals surface area contributed by atoms with E-state index in [0.717, 1.165) is 28.2 Å². The van der Waals surface area contributed by atoms with Crippen molar-refractivity contribution in [3.8, 4) is 28.7 Å². The van der Waals surface area contributed by atoms with Gasteiger partial charge in [-0.2, -0.15) is 0 Å². The number of thioether (sulfide) groups is 1.